The number of carbonyl (C=O) groups is 1. The Labute approximate surface area is 334 Å². The first-order chi connectivity index (χ1) is 26.3. The van der Waals surface area contributed by atoms with Gasteiger partial charge in [0.15, 0.2) is 0 Å². The van der Waals surface area contributed by atoms with E-state index in [1.807, 2.05) is 0 Å². The van der Waals surface area contributed by atoms with Gasteiger partial charge in [-0.2, -0.15) is 8.42 Å². The lowest BCUT2D eigenvalue weighted by molar-refractivity contribution is -0.122. The third kappa shape index (κ3) is 41.2. The van der Waals surface area contributed by atoms with Crippen LogP contribution in [0.1, 0.15) is 213 Å². The molecule has 0 aliphatic heterocycles. The average Bonchev–Trinajstić information content (AvgIpc) is 3.14. The Kier molecular flexibility index (Phi) is 39.2. The lowest BCUT2D eigenvalue weighted by atomic mass is 10.1. The first-order valence-electron chi connectivity index (χ1n) is 22.5. The van der Waals surface area contributed by atoms with Crippen molar-refractivity contribution in [3.63, 3.8) is 0 Å². The highest BCUT2D eigenvalue weighted by Crippen LogP contribution is 2.13. The van der Waals surface area contributed by atoms with Gasteiger partial charge in [-0.25, -0.2) is 0 Å². The molecule has 0 aliphatic carbocycles. The summed E-state index contributed by atoms with van der Waals surface area (Å²) in [5.74, 6) is -1.02. The van der Waals surface area contributed by atoms with Gasteiger partial charge in [0.05, 0.1) is 17.9 Å². The molecule has 0 aliphatic rings. The fourth-order valence-corrected chi connectivity index (χ4v) is 7.25. The van der Waals surface area contributed by atoms with Gasteiger partial charge in [0, 0.05) is 6.42 Å². The summed E-state index contributed by atoms with van der Waals surface area (Å²) in [5, 5.41) is 13.2. The van der Waals surface area contributed by atoms with Crippen molar-refractivity contribution in [3.8, 4) is 0 Å². The minimum Gasteiger partial charge on any atom is -0.387 e. The van der Waals surface area contributed by atoms with Crippen molar-refractivity contribution < 1.29 is 22.9 Å². The molecule has 2 atom stereocenters. The van der Waals surface area contributed by atoms with Gasteiger partial charge in [-0.3, -0.25) is 9.35 Å². The van der Waals surface area contributed by atoms with Gasteiger partial charge in [0.2, 0.25) is 5.91 Å². The summed E-state index contributed by atoms with van der Waals surface area (Å²) in [5.41, 5.74) is 0. The van der Waals surface area contributed by atoms with E-state index < -0.39 is 28.0 Å². The molecule has 54 heavy (non-hydrogen) atoms. The number of aliphatic hydroxyl groups excluding tert-OH is 1. The molecule has 7 heteroatoms. The molecule has 0 heterocycles. The molecular formula is C47H85NO5S. The van der Waals surface area contributed by atoms with Crippen LogP contribution in [0, 0.1) is 0 Å². The van der Waals surface area contributed by atoms with E-state index in [1.165, 1.54) is 134 Å². The Morgan fingerprint density at radius 1 is 0.500 bits per heavy atom. The Hall–Kier alpha value is -1.96. The van der Waals surface area contributed by atoms with Gasteiger partial charge in [0.25, 0.3) is 10.1 Å². The Balaban J connectivity index is 3.98. The van der Waals surface area contributed by atoms with Crippen LogP contribution in [0.3, 0.4) is 0 Å². The highest BCUT2D eigenvalue weighted by molar-refractivity contribution is 7.85. The van der Waals surface area contributed by atoms with Gasteiger partial charge in [-0.1, -0.05) is 190 Å². The quantitative estimate of drug-likeness (QED) is 0.0327. The highest BCUT2D eigenvalue weighted by atomic mass is 32.2. The lowest BCUT2D eigenvalue weighted by Gasteiger charge is -2.21. The number of carbonyl (C=O) groups excluding carboxylic acids is 1. The maximum Gasteiger partial charge on any atom is 0.267 e. The standard InChI is InChI=1S/C47H85NO5S/c1-3-5-7-9-11-13-15-17-19-21-23-24-25-26-28-30-32-34-36-38-40-42-46(49)45(44-54(51,52)53)48-47(50)43-41-39-37-35-33-31-29-27-22-20-18-16-14-12-10-8-6-4-2/h14,16,20,22,25-26,32,34,40,42,45-46,49H,3-13,15,17-19,21,23-24,27-31,33,35-39,41,43-44H2,1-2H3,(H,48,50)(H,51,52,53)/b16-14-,22-20-,26-25+,34-32+,42-40+. The molecule has 0 saturated heterocycles. The molecule has 0 aromatic carbocycles. The number of amides is 1. The number of aliphatic hydroxyl groups is 1. The summed E-state index contributed by atoms with van der Waals surface area (Å²) >= 11 is 0. The fourth-order valence-electron chi connectivity index (χ4n) is 6.51. The van der Waals surface area contributed by atoms with Gasteiger partial charge in [-0.15, -0.1) is 0 Å². The van der Waals surface area contributed by atoms with E-state index in [0.717, 1.165) is 51.4 Å². The molecule has 0 fully saturated rings. The highest BCUT2D eigenvalue weighted by Gasteiger charge is 2.24. The van der Waals surface area contributed by atoms with E-state index in [9.17, 15) is 22.9 Å². The van der Waals surface area contributed by atoms with E-state index in [0.29, 0.717) is 12.8 Å². The molecule has 0 spiro atoms. The first-order valence-corrected chi connectivity index (χ1v) is 24.1. The molecule has 314 valence electrons. The normalized spacial score (nSPS) is 13.8. The summed E-state index contributed by atoms with van der Waals surface area (Å²) in [4.78, 5) is 12.5. The topological polar surface area (TPSA) is 104 Å². The van der Waals surface area contributed by atoms with E-state index in [1.54, 1.807) is 6.08 Å². The Morgan fingerprint density at radius 2 is 0.852 bits per heavy atom. The smallest absolute Gasteiger partial charge is 0.267 e. The van der Waals surface area contributed by atoms with E-state index in [4.69, 9.17) is 0 Å². The van der Waals surface area contributed by atoms with Crippen LogP contribution in [-0.4, -0.2) is 41.9 Å². The van der Waals surface area contributed by atoms with Crippen LogP contribution in [0.2, 0.25) is 0 Å². The van der Waals surface area contributed by atoms with Crippen molar-refractivity contribution in [1.29, 1.82) is 0 Å². The van der Waals surface area contributed by atoms with Crippen LogP contribution >= 0.6 is 0 Å². The van der Waals surface area contributed by atoms with Crippen LogP contribution in [0.4, 0.5) is 0 Å². The lowest BCUT2D eigenvalue weighted by Crippen LogP contribution is -2.46. The fraction of sp³-hybridized carbons (Fsp3) is 0.766. The van der Waals surface area contributed by atoms with Gasteiger partial charge >= 0.3 is 0 Å². The third-order valence-electron chi connectivity index (χ3n) is 9.89. The molecule has 6 nitrogen and oxygen atoms in total. The monoisotopic (exact) mass is 776 g/mol. The van der Waals surface area contributed by atoms with Crippen LogP contribution in [0.15, 0.2) is 60.8 Å². The molecule has 0 rings (SSSR count). The number of hydrogen-bond donors (Lipinski definition) is 3. The van der Waals surface area contributed by atoms with Crippen LogP contribution in [0.25, 0.3) is 0 Å². The molecular weight excluding hydrogens is 691 g/mol. The van der Waals surface area contributed by atoms with Crippen molar-refractivity contribution in [3.05, 3.63) is 60.8 Å². The van der Waals surface area contributed by atoms with Crippen LogP contribution < -0.4 is 5.32 Å². The zero-order chi connectivity index (χ0) is 39.6. The second-order valence-electron chi connectivity index (χ2n) is 15.3. The second-order valence-corrected chi connectivity index (χ2v) is 16.8. The van der Waals surface area contributed by atoms with Crippen molar-refractivity contribution in [2.45, 2.75) is 225 Å². The summed E-state index contributed by atoms with van der Waals surface area (Å²) in [6.07, 6.45) is 56.4. The third-order valence-corrected chi connectivity index (χ3v) is 10.7. The zero-order valence-corrected chi connectivity index (χ0v) is 35.9. The molecule has 0 saturated carbocycles. The Morgan fingerprint density at radius 3 is 1.30 bits per heavy atom. The van der Waals surface area contributed by atoms with Crippen molar-refractivity contribution in [2.24, 2.45) is 0 Å². The van der Waals surface area contributed by atoms with Crippen molar-refractivity contribution >= 4 is 16.0 Å². The Bertz CT molecular complexity index is 1080. The average molecular weight is 776 g/mol. The minimum absolute atomic E-state index is 0.274. The molecule has 0 radical (unpaired) electrons. The number of unbranched alkanes of at least 4 members (excludes halogenated alkanes) is 24. The maximum atomic E-state index is 12.5. The predicted octanol–water partition coefficient (Wildman–Crippen LogP) is 13.6. The van der Waals surface area contributed by atoms with E-state index in [-0.39, 0.29) is 12.3 Å². The van der Waals surface area contributed by atoms with Gasteiger partial charge in [-0.05, 0) is 77.0 Å². The largest absolute Gasteiger partial charge is 0.387 e. The van der Waals surface area contributed by atoms with Gasteiger partial charge < -0.3 is 10.4 Å². The van der Waals surface area contributed by atoms with Crippen molar-refractivity contribution in [2.75, 3.05) is 5.75 Å². The summed E-state index contributed by atoms with van der Waals surface area (Å²) < 4.78 is 32.6. The first kappa shape index (κ1) is 52.0. The SMILES string of the molecule is CCCCCC/C=C\C/C=C\CCCCCCCCCC(=O)NC(CS(=O)(=O)O)C(O)/C=C/CC/C=C/CC/C=C/CCCCCCCCCCCCC. The van der Waals surface area contributed by atoms with E-state index >= 15 is 0 Å². The molecule has 0 aromatic heterocycles. The van der Waals surface area contributed by atoms with Crippen LogP contribution in [-0.2, 0) is 14.9 Å². The second kappa shape index (κ2) is 40.7. The van der Waals surface area contributed by atoms with E-state index in [2.05, 4.69) is 67.8 Å². The van der Waals surface area contributed by atoms with Crippen LogP contribution in [0.5, 0.6) is 0 Å². The minimum atomic E-state index is -4.37. The summed E-state index contributed by atoms with van der Waals surface area (Å²) in [7, 11) is -4.37. The van der Waals surface area contributed by atoms with Crippen molar-refractivity contribution in [1.82, 2.24) is 5.32 Å². The molecule has 3 N–H and O–H groups in total. The number of rotatable bonds is 40. The molecule has 0 bridgehead atoms. The molecule has 2 unspecified atom stereocenters. The number of hydrogen-bond acceptors (Lipinski definition) is 4. The molecule has 1 amide bonds. The molecule has 0 aromatic rings. The predicted molar refractivity (Wildman–Crippen MR) is 235 cm³/mol. The summed E-state index contributed by atoms with van der Waals surface area (Å²) in [6.45, 7) is 4.52. The number of allylic oxidation sites excluding steroid dienone is 9. The summed E-state index contributed by atoms with van der Waals surface area (Å²) in [6, 6.07) is -1.09. The zero-order valence-electron chi connectivity index (χ0n) is 35.1. The van der Waals surface area contributed by atoms with Gasteiger partial charge in [0.1, 0.15) is 0 Å². The maximum absolute atomic E-state index is 12.5. The number of nitrogens with one attached hydrogen (secondary N) is 1.